The van der Waals surface area contributed by atoms with E-state index in [2.05, 4.69) is 45.4 Å². The smallest absolute Gasteiger partial charge is 0.259 e. The highest BCUT2D eigenvalue weighted by Gasteiger charge is 2.28. The van der Waals surface area contributed by atoms with Crippen LogP contribution in [0.1, 0.15) is 44.7 Å². The van der Waals surface area contributed by atoms with Crippen molar-refractivity contribution in [3.8, 4) is 0 Å². The monoisotopic (exact) mass is 377 g/mol. The predicted molar refractivity (Wildman–Crippen MR) is 109 cm³/mol. The summed E-state index contributed by atoms with van der Waals surface area (Å²) in [4.78, 5) is 28.8. The van der Waals surface area contributed by atoms with E-state index in [0.29, 0.717) is 11.1 Å². The molecule has 2 aliphatic heterocycles. The summed E-state index contributed by atoms with van der Waals surface area (Å²) >= 11 is 0. The third-order valence-corrected chi connectivity index (χ3v) is 5.73. The molecule has 0 atom stereocenters. The third-order valence-electron chi connectivity index (χ3n) is 5.73. The second-order valence-corrected chi connectivity index (χ2v) is 7.68. The topological polar surface area (TPSA) is 52.7 Å². The second-order valence-electron chi connectivity index (χ2n) is 7.68. The number of carbonyl (C=O) groups excluding carboxylic acids is 2. The van der Waals surface area contributed by atoms with Crippen LogP contribution in [0, 0.1) is 0 Å². The fourth-order valence-electron chi connectivity index (χ4n) is 4.16. The molecule has 1 saturated heterocycles. The Hall–Kier alpha value is -2.50. The van der Waals surface area contributed by atoms with Crippen LogP contribution in [0.4, 0.5) is 0 Å². The number of carbonyl (C=O) groups is 2. The lowest BCUT2D eigenvalue weighted by molar-refractivity contribution is 0.0879. The number of hydrogen-bond donors (Lipinski definition) is 1. The zero-order valence-corrected chi connectivity index (χ0v) is 16.2. The highest BCUT2D eigenvalue weighted by Crippen LogP contribution is 2.21. The van der Waals surface area contributed by atoms with Gasteiger partial charge in [-0.15, -0.1) is 0 Å². The first-order valence-corrected chi connectivity index (χ1v) is 10.2. The molecule has 0 aromatic heterocycles. The Morgan fingerprint density at radius 2 is 1.54 bits per heavy atom. The summed E-state index contributed by atoms with van der Waals surface area (Å²) in [6.45, 7) is 6.59. The van der Waals surface area contributed by atoms with Crippen molar-refractivity contribution in [2.24, 2.45) is 0 Å². The molecule has 2 heterocycles. The van der Waals surface area contributed by atoms with Crippen LogP contribution in [-0.4, -0.2) is 54.3 Å². The van der Waals surface area contributed by atoms with Gasteiger partial charge in [-0.3, -0.25) is 19.8 Å². The standard InChI is InChI=1S/C23H27N3O2/c27-22-20-11-6-10-19(21(20)23(28)24-22)9-4-5-12-25-13-15-26(16-14-25)17-18-7-2-1-3-8-18/h1-3,6-8,10-11H,4-5,9,12-17H2,(H,24,27,28). The van der Waals surface area contributed by atoms with Crippen molar-refractivity contribution in [1.29, 1.82) is 0 Å². The summed E-state index contributed by atoms with van der Waals surface area (Å²) in [6, 6.07) is 16.2. The van der Waals surface area contributed by atoms with Crippen molar-refractivity contribution < 1.29 is 9.59 Å². The molecular weight excluding hydrogens is 350 g/mol. The number of rotatable bonds is 7. The van der Waals surface area contributed by atoms with Gasteiger partial charge in [-0.1, -0.05) is 42.5 Å². The minimum atomic E-state index is -0.268. The Morgan fingerprint density at radius 3 is 2.32 bits per heavy atom. The van der Waals surface area contributed by atoms with Gasteiger partial charge in [-0.25, -0.2) is 0 Å². The molecule has 0 spiro atoms. The molecule has 2 aromatic carbocycles. The average Bonchev–Trinajstić information content (AvgIpc) is 3.02. The Kier molecular flexibility index (Phi) is 5.84. The van der Waals surface area contributed by atoms with Gasteiger partial charge >= 0.3 is 0 Å². The van der Waals surface area contributed by atoms with Gasteiger partial charge in [0.15, 0.2) is 0 Å². The minimum absolute atomic E-state index is 0.245. The maximum Gasteiger partial charge on any atom is 0.259 e. The van der Waals surface area contributed by atoms with Gasteiger partial charge in [0.1, 0.15) is 0 Å². The molecular formula is C23H27N3O2. The van der Waals surface area contributed by atoms with E-state index in [4.69, 9.17) is 0 Å². The average molecular weight is 377 g/mol. The van der Waals surface area contributed by atoms with Crippen molar-refractivity contribution in [2.75, 3.05) is 32.7 Å². The maximum absolute atomic E-state index is 12.0. The second kappa shape index (κ2) is 8.67. The zero-order chi connectivity index (χ0) is 19.3. The number of fused-ring (bicyclic) bond motifs is 1. The van der Waals surface area contributed by atoms with Crippen LogP contribution in [-0.2, 0) is 13.0 Å². The number of amides is 2. The molecule has 1 N–H and O–H groups in total. The number of unbranched alkanes of at least 4 members (excludes halogenated alkanes) is 1. The quantitative estimate of drug-likeness (QED) is 0.595. The van der Waals surface area contributed by atoms with Gasteiger partial charge in [0, 0.05) is 32.7 Å². The summed E-state index contributed by atoms with van der Waals surface area (Å²) in [5.41, 5.74) is 3.49. The molecule has 1 fully saturated rings. The van der Waals surface area contributed by atoms with E-state index in [1.54, 1.807) is 6.07 Å². The number of imide groups is 1. The Morgan fingerprint density at radius 1 is 0.786 bits per heavy atom. The normalized spacial score (nSPS) is 17.6. The van der Waals surface area contributed by atoms with E-state index < -0.39 is 0 Å². The molecule has 0 radical (unpaired) electrons. The molecule has 146 valence electrons. The number of nitrogens with zero attached hydrogens (tertiary/aromatic N) is 2. The molecule has 5 heteroatoms. The lowest BCUT2D eigenvalue weighted by Gasteiger charge is -2.34. The molecule has 5 nitrogen and oxygen atoms in total. The molecule has 28 heavy (non-hydrogen) atoms. The lowest BCUT2D eigenvalue weighted by atomic mass is 9.98. The summed E-state index contributed by atoms with van der Waals surface area (Å²) in [6.07, 6.45) is 2.98. The molecule has 4 rings (SSSR count). The molecule has 2 aromatic rings. The van der Waals surface area contributed by atoms with Crippen LogP contribution in [0.15, 0.2) is 48.5 Å². The third kappa shape index (κ3) is 4.32. The van der Waals surface area contributed by atoms with Crippen LogP contribution in [0.2, 0.25) is 0 Å². The number of benzene rings is 2. The van der Waals surface area contributed by atoms with Crippen LogP contribution in [0.25, 0.3) is 0 Å². The highest BCUT2D eigenvalue weighted by molar-refractivity contribution is 6.22. The fraction of sp³-hybridized carbons (Fsp3) is 0.391. The number of aryl methyl sites for hydroxylation is 1. The number of piperazine rings is 1. The number of nitrogens with one attached hydrogen (secondary N) is 1. The van der Waals surface area contributed by atoms with E-state index in [1.807, 2.05) is 12.1 Å². The minimum Gasteiger partial charge on any atom is -0.301 e. The highest BCUT2D eigenvalue weighted by atomic mass is 16.2. The first kappa shape index (κ1) is 18.8. The molecule has 0 bridgehead atoms. The van der Waals surface area contributed by atoms with E-state index in [1.165, 1.54) is 5.56 Å². The fourth-order valence-corrected chi connectivity index (χ4v) is 4.16. The van der Waals surface area contributed by atoms with E-state index in [0.717, 1.165) is 64.1 Å². The van der Waals surface area contributed by atoms with Crippen LogP contribution in [0.5, 0.6) is 0 Å². The van der Waals surface area contributed by atoms with E-state index in [9.17, 15) is 9.59 Å². The first-order valence-electron chi connectivity index (χ1n) is 10.2. The molecule has 0 unspecified atom stereocenters. The van der Waals surface area contributed by atoms with Crippen LogP contribution in [0.3, 0.4) is 0 Å². The summed E-state index contributed by atoms with van der Waals surface area (Å²) in [7, 11) is 0. The SMILES string of the molecule is O=C1NC(=O)c2c(CCCCN3CCN(Cc4ccccc4)CC3)cccc21. The summed E-state index contributed by atoms with van der Waals surface area (Å²) < 4.78 is 0. The van der Waals surface area contributed by atoms with Gasteiger partial charge in [0.05, 0.1) is 11.1 Å². The largest absolute Gasteiger partial charge is 0.301 e. The molecule has 0 saturated carbocycles. The van der Waals surface area contributed by atoms with Gasteiger partial charge in [0.25, 0.3) is 11.8 Å². The van der Waals surface area contributed by atoms with E-state index in [-0.39, 0.29) is 11.8 Å². The Labute approximate surface area is 166 Å². The van der Waals surface area contributed by atoms with E-state index >= 15 is 0 Å². The molecule has 2 aliphatic rings. The molecule has 0 aliphatic carbocycles. The number of hydrogen-bond acceptors (Lipinski definition) is 4. The Bertz CT molecular complexity index is 842. The summed E-state index contributed by atoms with van der Waals surface area (Å²) in [5, 5.41) is 2.40. The van der Waals surface area contributed by atoms with Crippen LogP contribution >= 0.6 is 0 Å². The van der Waals surface area contributed by atoms with Crippen LogP contribution < -0.4 is 5.32 Å². The van der Waals surface area contributed by atoms with Crippen molar-refractivity contribution >= 4 is 11.8 Å². The van der Waals surface area contributed by atoms with Gasteiger partial charge in [-0.2, -0.15) is 0 Å². The van der Waals surface area contributed by atoms with Crippen molar-refractivity contribution in [1.82, 2.24) is 15.1 Å². The van der Waals surface area contributed by atoms with Crippen molar-refractivity contribution in [3.05, 3.63) is 70.8 Å². The molecule has 2 amide bonds. The van der Waals surface area contributed by atoms with Crippen molar-refractivity contribution in [2.45, 2.75) is 25.8 Å². The van der Waals surface area contributed by atoms with Gasteiger partial charge < -0.3 is 4.90 Å². The van der Waals surface area contributed by atoms with Gasteiger partial charge in [0.2, 0.25) is 0 Å². The lowest BCUT2D eigenvalue weighted by Crippen LogP contribution is -2.46. The summed E-state index contributed by atoms with van der Waals surface area (Å²) in [5.74, 6) is -0.514. The van der Waals surface area contributed by atoms with Gasteiger partial charge in [-0.05, 0) is 43.0 Å². The Balaban J connectivity index is 1.19. The first-order chi connectivity index (χ1) is 13.7. The van der Waals surface area contributed by atoms with Crippen molar-refractivity contribution in [3.63, 3.8) is 0 Å². The predicted octanol–water partition coefficient (Wildman–Crippen LogP) is 2.71. The zero-order valence-electron chi connectivity index (χ0n) is 16.2. The maximum atomic E-state index is 12.0.